The molecular formula is C14H14N2O2. The molecule has 2 aromatic carbocycles. The van der Waals surface area contributed by atoms with E-state index in [2.05, 4.69) is 5.32 Å². The van der Waals surface area contributed by atoms with Gasteiger partial charge in [-0.1, -0.05) is 12.1 Å². The van der Waals surface area contributed by atoms with Gasteiger partial charge in [0.1, 0.15) is 11.5 Å². The molecule has 0 saturated heterocycles. The third-order valence-corrected chi connectivity index (χ3v) is 2.42. The molecule has 0 unspecified atom stereocenters. The predicted molar refractivity (Wildman–Crippen MR) is 70.8 cm³/mol. The van der Waals surface area contributed by atoms with Crippen molar-refractivity contribution in [1.82, 2.24) is 5.32 Å². The third kappa shape index (κ3) is 2.79. The molecular weight excluding hydrogens is 228 g/mol. The fourth-order valence-corrected chi connectivity index (χ4v) is 1.56. The summed E-state index contributed by atoms with van der Waals surface area (Å²) in [6, 6.07) is 14.1. The average Bonchev–Trinajstić information content (AvgIpc) is 2.38. The maximum Gasteiger partial charge on any atom is 0.251 e. The number of ether oxygens (including phenoxy) is 1. The number of nitrogen functional groups attached to an aromatic ring is 1. The molecule has 0 aliphatic carbocycles. The number of hydrogen-bond donors (Lipinski definition) is 2. The summed E-state index contributed by atoms with van der Waals surface area (Å²) in [6.07, 6.45) is 0. The Labute approximate surface area is 105 Å². The summed E-state index contributed by atoms with van der Waals surface area (Å²) in [6.45, 7) is 0. The van der Waals surface area contributed by atoms with Gasteiger partial charge in [0.25, 0.3) is 5.91 Å². The Morgan fingerprint density at radius 1 is 1.11 bits per heavy atom. The van der Waals surface area contributed by atoms with Crippen molar-refractivity contribution in [3.8, 4) is 11.5 Å². The highest BCUT2D eigenvalue weighted by Crippen LogP contribution is 2.23. The van der Waals surface area contributed by atoms with Crippen molar-refractivity contribution in [2.24, 2.45) is 0 Å². The molecule has 0 spiro atoms. The predicted octanol–water partition coefficient (Wildman–Crippen LogP) is 2.42. The van der Waals surface area contributed by atoms with E-state index < -0.39 is 0 Å². The third-order valence-electron chi connectivity index (χ3n) is 2.42. The normalized spacial score (nSPS) is 9.83. The number of amides is 1. The van der Waals surface area contributed by atoms with Gasteiger partial charge in [0.05, 0.1) is 0 Å². The van der Waals surface area contributed by atoms with Gasteiger partial charge in [0, 0.05) is 24.4 Å². The van der Waals surface area contributed by atoms with Crippen molar-refractivity contribution in [1.29, 1.82) is 0 Å². The lowest BCUT2D eigenvalue weighted by Crippen LogP contribution is -2.17. The van der Waals surface area contributed by atoms with Crippen LogP contribution in [-0.2, 0) is 0 Å². The minimum absolute atomic E-state index is 0.145. The molecule has 0 fully saturated rings. The average molecular weight is 242 g/mol. The molecule has 0 saturated carbocycles. The van der Waals surface area contributed by atoms with Gasteiger partial charge >= 0.3 is 0 Å². The number of carbonyl (C=O) groups excluding carboxylic acids is 1. The van der Waals surface area contributed by atoms with E-state index in [0.29, 0.717) is 22.7 Å². The van der Waals surface area contributed by atoms with Gasteiger partial charge in [0.15, 0.2) is 0 Å². The second-order valence-corrected chi connectivity index (χ2v) is 3.78. The largest absolute Gasteiger partial charge is 0.457 e. The van der Waals surface area contributed by atoms with Gasteiger partial charge in [-0.3, -0.25) is 4.79 Å². The molecule has 4 nitrogen and oxygen atoms in total. The molecule has 0 radical (unpaired) electrons. The molecule has 4 heteroatoms. The highest BCUT2D eigenvalue weighted by molar-refractivity contribution is 5.94. The number of carbonyl (C=O) groups is 1. The lowest BCUT2D eigenvalue weighted by atomic mass is 10.2. The quantitative estimate of drug-likeness (QED) is 0.812. The van der Waals surface area contributed by atoms with E-state index in [-0.39, 0.29) is 5.91 Å². The van der Waals surface area contributed by atoms with E-state index in [1.165, 1.54) is 0 Å². The highest BCUT2D eigenvalue weighted by atomic mass is 16.5. The molecule has 1 amide bonds. The molecule has 0 atom stereocenters. The van der Waals surface area contributed by atoms with E-state index >= 15 is 0 Å². The van der Waals surface area contributed by atoms with Crippen molar-refractivity contribution in [2.45, 2.75) is 0 Å². The van der Waals surface area contributed by atoms with E-state index in [9.17, 15) is 4.79 Å². The van der Waals surface area contributed by atoms with Crippen molar-refractivity contribution in [3.63, 3.8) is 0 Å². The minimum atomic E-state index is -0.145. The molecule has 2 aromatic rings. The molecule has 3 N–H and O–H groups in total. The van der Waals surface area contributed by atoms with Crippen LogP contribution in [0.2, 0.25) is 0 Å². The maximum atomic E-state index is 11.5. The lowest BCUT2D eigenvalue weighted by molar-refractivity contribution is 0.0963. The van der Waals surface area contributed by atoms with Crippen LogP contribution in [0, 0.1) is 0 Å². The van der Waals surface area contributed by atoms with E-state index in [1.807, 2.05) is 12.1 Å². The first-order valence-electron chi connectivity index (χ1n) is 5.54. The van der Waals surface area contributed by atoms with Gasteiger partial charge in [-0.2, -0.15) is 0 Å². The summed E-state index contributed by atoms with van der Waals surface area (Å²) in [4.78, 5) is 11.5. The van der Waals surface area contributed by atoms with Gasteiger partial charge in [0.2, 0.25) is 0 Å². The molecule has 0 aliphatic heterocycles. The number of anilines is 1. The molecule has 0 aliphatic rings. The van der Waals surface area contributed by atoms with Crippen LogP contribution in [0.3, 0.4) is 0 Å². The number of nitrogens with two attached hydrogens (primary N) is 1. The van der Waals surface area contributed by atoms with E-state index in [4.69, 9.17) is 10.5 Å². The van der Waals surface area contributed by atoms with Crippen molar-refractivity contribution < 1.29 is 9.53 Å². The summed E-state index contributed by atoms with van der Waals surface area (Å²) in [7, 11) is 1.59. The Morgan fingerprint density at radius 2 is 1.78 bits per heavy atom. The van der Waals surface area contributed by atoms with Crippen LogP contribution in [0.5, 0.6) is 11.5 Å². The Bertz CT molecular complexity index is 567. The topological polar surface area (TPSA) is 64.3 Å². The zero-order chi connectivity index (χ0) is 13.0. The van der Waals surface area contributed by atoms with Crippen molar-refractivity contribution in [3.05, 3.63) is 54.1 Å². The fraction of sp³-hybridized carbons (Fsp3) is 0.0714. The zero-order valence-electron chi connectivity index (χ0n) is 10.0. The molecule has 0 aromatic heterocycles. The SMILES string of the molecule is CNC(=O)c1cccc(Oc2cccc(N)c2)c1. The van der Waals surface area contributed by atoms with Crippen molar-refractivity contribution in [2.75, 3.05) is 12.8 Å². The van der Waals surface area contributed by atoms with Gasteiger partial charge < -0.3 is 15.8 Å². The van der Waals surface area contributed by atoms with Crippen LogP contribution in [0.1, 0.15) is 10.4 Å². The first-order chi connectivity index (χ1) is 8.69. The standard InChI is InChI=1S/C14H14N2O2/c1-16-14(17)10-4-2-6-12(8-10)18-13-7-3-5-11(15)9-13/h2-9H,15H2,1H3,(H,16,17). The zero-order valence-corrected chi connectivity index (χ0v) is 10.0. The lowest BCUT2D eigenvalue weighted by Gasteiger charge is -2.07. The first-order valence-corrected chi connectivity index (χ1v) is 5.54. The van der Waals surface area contributed by atoms with Crippen LogP contribution in [0.15, 0.2) is 48.5 Å². The van der Waals surface area contributed by atoms with Gasteiger partial charge in [-0.15, -0.1) is 0 Å². The van der Waals surface area contributed by atoms with Crippen LogP contribution < -0.4 is 15.8 Å². The Balaban J connectivity index is 2.22. The Morgan fingerprint density at radius 3 is 2.44 bits per heavy atom. The second kappa shape index (κ2) is 5.23. The number of rotatable bonds is 3. The first kappa shape index (κ1) is 12.0. The van der Waals surface area contributed by atoms with Gasteiger partial charge in [-0.05, 0) is 30.3 Å². The van der Waals surface area contributed by atoms with Crippen molar-refractivity contribution >= 4 is 11.6 Å². The summed E-state index contributed by atoms with van der Waals surface area (Å²) >= 11 is 0. The Kier molecular flexibility index (Phi) is 3.48. The summed E-state index contributed by atoms with van der Waals surface area (Å²) in [5.41, 5.74) is 6.86. The molecule has 0 heterocycles. The maximum absolute atomic E-state index is 11.5. The molecule has 0 bridgehead atoms. The fourth-order valence-electron chi connectivity index (χ4n) is 1.56. The van der Waals surface area contributed by atoms with Gasteiger partial charge in [-0.25, -0.2) is 0 Å². The van der Waals surface area contributed by atoms with E-state index in [1.54, 1.807) is 43.4 Å². The second-order valence-electron chi connectivity index (χ2n) is 3.78. The van der Waals surface area contributed by atoms with Crippen LogP contribution in [-0.4, -0.2) is 13.0 Å². The monoisotopic (exact) mass is 242 g/mol. The van der Waals surface area contributed by atoms with Crippen LogP contribution >= 0.6 is 0 Å². The smallest absolute Gasteiger partial charge is 0.251 e. The summed E-state index contributed by atoms with van der Waals surface area (Å²) in [5.74, 6) is 1.10. The highest BCUT2D eigenvalue weighted by Gasteiger charge is 2.04. The van der Waals surface area contributed by atoms with E-state index in [0.717, 1.165) is 0 Å². The molecule has 2 rings (SSSR count). The summed E-state index contributed by atoms with van der Waals surface area (Å²) < 4.78 is 5.63. The number of hydrogen-bond acceptors (Lipinski definition) is 3. The number of benzene rings is 2. The number of nitrogens with one attached hydrogen (secondary N) is 1. The molecule has 92 valence electrons. The van der Waals surface area contributed by atoms with Crippen LogP contribution in [0.4, 0.5) is 5.69 Å². The minimum Gasteiger partial charge on any atom is -0.457 e. The Hall–Kier alpha value is -2.49. The summed E-state index contributed by atoms with van der Waals surface area (Å²) in [5, 5.41) is 2.57. The van der Waals surface area contributed by atoms with Crippen LogP contribution in [0.25, 0.3) is 0 Å². The molecule has 18 heavy (non-hydrogen) atoms.